The molecule has 1 unspecified atom stereocenters. The summed E-state index contributed by atoms with van der Waals surface area (Å²) in [6, 6.07) is 6.22. The molecule has 4 rings (SSSR count). The van der Waals surface area contributed by atoms with Gasteiger partial charge in [-0.3, -0.25) is 9.36 Å². The molecule has 0 saturated heterocycles. The fourth-order valence-electron chi connectivity index (χ4n) is 3.58. The van der Waals surface area contributed by atoms with E-state index >= 15 is 0 Å². The van der Waals surface area contributed by atoms with Crippen molar-refractivity contribution in [3.05, 3.63) is 75.9 Å². The minimum Gasteiger partial charge on any atom is -0.382 e. The third kappa shape index (κ3) is 6.94. The summed E-state index contributed by atoms with van der Waals surface area (Å²) in [5.41, 5.74) is 3.95. The summed E-state index contributed by atoms with van der Waals surface area (Å²) in [6.45, 7) is -2.50. The maximum Gasteiger partial charge on any atom is 0.416 e. The third-order valence-electron chi connectivity index (χ3n) is 5.74. The summed E-state index contributed by atoms with van der Waals surface area (Å²) in [7, 11) is 0. The van der Waals surface area contributed by atoms with Gasteiger partial charge in [-0.15, -0.1) is 10.2 Å². The molecule has 0 radical (unpaired) electrons. The highest BCUT2D eigenvalue weighted by molar-refractivity contribution is 6.30. The van der Waals surface area contributed by atoms with E-state index in [0.29, 0.717) is 9.59 Å². The molecule has 3 heterocycles. The second-order valence-corrected chi connectivity index (χ2v) is 9.21. The smallest absolute Gasteiger partial charge is 0.382 e. The van der Waals surface area contributed by atoms with Crippen molar-refractivity contribution in [3.8, 4) is 17.1 Å². The summed E-state index contributed by atoms with van der Waals surface area (Å²) in [4.78, 5) is 33.5. The van der Waals surface area contributed by atoms with E-state index in [1.165, 1.54) is 42.6 Å². The third-order valence-corrected chi connectivity index (χ3v) is 5.99. The molecule has 0 saturated carbocycles. The molecule has 0 aliphatic heterocycles. The van der Waals surface area contributed by atoms with E-state index in [-0.39, 0.29) is 28.6 Å². The zero-order valence-corrected chi connectivity index (χ0v) is 21.8. The first-order valence-electron chi connectivity index (χ1n) is 11.8. The molecule has 2 atom stereocenters. The minimum absolute atomic E-state index is 0.0161. The van der Waals surface area contributed by atoms with Crippen LogP contribution in [0, 0.1) is 0 Å². The van der Waals surface area contributed by atoms with E-state index in [1.807, 2.05) is 5.32 Å². The van der Waals surface area contributed by atoms with E-state index in [2.05, 4.69) is 20.2 Å². The van der Waals surface area contributed by atoms with Crippen molar-refractivity contribution in [1.29, 1.82) is 0 Å². The lowest BCUT2D eigenvalue weighted by Gasteiger charge is -2.16. The van der Waals surface area contributed by atoms with E-state index in [0.717, 1.165) is 15.7 Å². The van der Waals surface area contributed by atoms with Crippen LogP contribution in [0.3, 0.4) is 0 Å². The molecule has 0 aliphatic carbocycles. The average molecular weight is 620 g/mol. The number of halogens is 7. The first-order valence-corrected chi connectivity index (χ1v) is 12.2. The lowest BCUT2D eigenvalue weighted by molar-refractivity contribution is -0.207. The number of nitrogens with two attached hydrogens (primary N) is 1. The van der Waals surface area contributed by atoms with Gasteiger partial charge in [0.25, 0.3) is 5.91 Å². The van der Waals surface area contributed by atoms with Gasteiger partial charge in [0.15, 0.2) is 23.4 Å². The van der Waals surface area contributed by atoms with Gasteiger partial charge in [-0.25, -0.2) is 24.1 Å². The van der Waals surface area contributed by atoms with Crippen LogP contribution < -0.4 is 16.7 Å². The largest absolute Gasteiger partial charge is 0.416 e. The monoisotopic (exact) mass is 619 g/mol. The number of nitrogens with zero attached hydrogens (tertiary/aromatic N) is 7. The maximum absolute atomic E-state index is 13.1. The predicted octanol–water partition coefficient (Wildman–Crippen LogP) is 1.93. The van der Waals surface area contributed by atoms with Crippen molar-refractivity contribution in [2.75, 3.05) is 6.54 Å². The van der Waals surface area contributed by atoms with E-state index < -0.39 is 55.7 Å². The summed E-state index contributed by atoms with van der Waals surface area (Å²) in [6.07, 6.45) is -10.3. The first-order chi connectivity index (χ1) is 19.6. The van der Waals surface area contributed by atoms with Gasteiger partial charge in [0.05, 0.1) is 12.2 Å². The summed E-state index contributed by atoms with van der Waals surface area (Å²) < 4.78 is 79.8. The number of aliphatic hydroxyl groups is 1. The van der Waals surface area contributed by atoms with Crippen molar-refractivity contribution in [3.63, 3.8) is 0 Å². The Hall–Kier alpha value is -4.29. The van der Waals surface area contributed by atoms with Gasteiger partial charge >= 0.3 is 18.0 Å². The second-order valence-electron chi connectivity index (χ2n) is 8.77. The molecule has 1 amide bonds. The van der Waals surface area contributed by atoms with Gasteiger partial charge < -0.3 is 16.2 Å². The Bertz CT molecular complexity index is 1620. The molecule has 4 N–H and O–H groups in total. The number of carbonyl (C=O) groups excluding carboxylic acids is 1. The van der Waals surface area contributed by atoms with E-state index in [9.17, 15) is 41.0 Å². The predicted molar refractivity (Wildman–Crippen MR) is 134 cm³/mol. The molecule has 0 fully saturated rings. The van der Waals surface area contributed by atoms with Gasteiger partial charge in [-0.2, -0.15) is 26.3 Å². The molecule has 12 nitrogen and oxygen atoms in total. The number of aromatic nitrogens is 7. The molecule has 0 bridgehead atoms. The van der Waals surface area contributed by atoms with Crippen LogP contribution >= 0.6 is 11.6 Å². The molecule has 0 aliphatic rings. The highest BCUT2D eigenvalue weighted by Gasteiger charge is 2.39. The molecule has 3 aromatic heterocycles. The zero-order valence-electron chi connectivity index (χ0n) is 21.0. The van der Waals surface area contributed by atoms with Crippen LogP contribution in [0.1, 0.15) is 16.3 Å². The lowest BCUT2D eigenvalue weighted by Crippen LogP contribution is -2.47. The van der Waals surface area contributed by atoms with Crippen molar-refractivity contribution in [2.45, 2.75) is 37.6 Å². The van der Waals surface area contributed by atoms with Crippen molar-refractivity contribution >= 4 is 17.5 Å². The lowest BCUT2D eigenvalue weighted by atomic mass is 10.2. The van der Waals surface area contributed by atoms with Gasteiger partial charge in [0.2, 0.25) is 0 Å². The van der Waals surface area contributed by atoms with Crippen LogP contribution in [0.25, 0.3) is 17.1 Å². The SMILES string of the molecule is NC(CNC(=O)c1ncccc1-n1cnc(Cn2nc(-c3ccc(Cl)cc3)n(C[C@H](O)C(F)(F)F)c2=O)n1)C(F)(F)F. The summed E-state index contributed by atoms with van der Waals surface area (Å²) >= 11 is 5.88. The van der Waals surface area contributed by atoms with E-state index in [4.69, 9.17) is 17.3 Å². The normalized spacial score (nSPS) is 13.6. The quantitative estimate of drug-likeness (QED) is 0.240. The number of hydrogen-bond acceptors (Lipinski definition) is 8. The number of benzene rings is 1. The average Bonchev–Trinajstić information content (AvgIpc) is 3.51. The topological polar surface area (TPSA) is 159 Å². The second kappa shape index (κ2) is 11.9. The molecule has 4 aromatic rings. The molecule has 19 heteroatoms. The number of rotatable bonds is 9. The Balaban J connectivity index is 1.62. The number of alkyl halides is 6. The van der Waals surface area contributed by atoms with E-state index in [1.54, 1.807) is 0 Å². The van der Waals surface area contributed by atoms with Crippen molar-refractivity contribution in [1.82, 2.24) is 39.4 Å². The number of amides is 1. The highest BCUT2D eigenvalue weighted by atomic mass is 35.5. The van der Waals surface area contributed by atoms with Gasteiger partial charge in [0.1, 0.15) is 18.9 Å². The van der Waals surface area contributed by atoms with Gasteiger partial charge in [-0.05, 0) is 36.4 Å². The van der Waals surface area contributed by atoms with Crippen LogP contribution in [0.2, 0.25) is 5.02 Å². The molecule has 1 aromatic carbocycles. The number of nitrogens with one attached hydrogen (secondary N) is 1. The number of carbonyl (C=O) groups is 1. The summed E-state index contributed by atoms with van der Waals surface area (Å²) in [5, 5.41) is 20.2. The van der Waals surface area contributed by atoms with Crippen LogP contribution in [0.4, 0.5) is 26.3 Å². The number of pyridine rings is 1. The fraction of sp³-hybridized carbons (Fsp3) is 0.304. The Labute approximate surface area is 236 Å². The van der Waals surface area contributed by atoms with Crippen LogP contribution in [0.15, 0.2) is 53.7 Å². The van der Waals surface area contributed by atoms with Crippen LogP contribution in [-0.2, 0) is 13.1 Å². The standard InChI is InChI=1S/C23H20ClF6N9O3/c24-13-5-3-12(4-6-13)19-36-38(21(42)37(19)9-16(40)23(28,29)30)10-17-34-11-39(35-17)14-2-1-7-32-18(14)20(41)33-8-15(31)22(25,26)27/h1-7,11,15-16,40H,8-10,31H2,(H,33,41)/t15?,16-/m0/s1. The Kier molecular flexibility index (Phi) is 8.69. The van der Waals surface area contributed by atoms with Crippen LogP contribution in [0.5, 0.6) is 0 Å². The Morgan fingerprint density at radius 1 is 1.05 bits per heavy atom. The van der Waals surface area contributed by atoms with Crippen LogP contribution in [-0.4, -0.2) is 76.2 Å². The Morgan fingerprint density at radius 3 is 2.38 bits per heavy atom. The Morgan fingerprint density at radius 2 is 1.74 bits per heavy atom. The molecule has 0 spiro atoms. The molecule has 224 valence electrons. The minimum atomic E-state index is -5.01. The number of hydrogen-bond donors (Lipinski definition) is 3. The zero-order chi connectivity index (χ0) is 30.8. The fourth-order valence-corrected chi connectivity index (χ4v) is 3.70. The number of aliphatic hydroxyl groups excluding tert-OH is 1. The molecular weight excluding hydrogens is 600 g/mol. The van der Waals surface area contributed by atoms with Gasteiger partial charge in [0, 0.05) is 23.3 Å². The first kappa shape index (κ1) is 30.7. The maximum atomic E-state index is 13.1. The highest BCUT2D eigenvalue weighted by Crippen LogP contribution is 2.24. The molecule has 42 heavy (non-hydrogen) atoms. The van der Waals surface area contributed by atoms with Crippen molar-refractivity contribution < 1.29 is 36.2 Å². The van der Waals surface area contributed by atoms with Gasteiger partial charge in [-0.1, -0.05) is 11.6 Å². The summed E-state index contributed by atoms with van der Waals surface area (Å²) in [5.74, 6) is -1.24. The van der Waals surface area contributed by atoms with Crippen molar-refractivity contribution in [2.24, 2.45) is 5.73 Å². The molecular formula is C23H20ClF6N9O3.